The largest absolute Gasteiger partial charge is 0.388 e. The van der Waals surface area contributed by atoms with E-state index in [1.54, 1.807) is 0 Å². The second-order valence-electron chi connectivity index (χ2n) is 5.16. The van der Waals surface area contributed by atoms with Crippen LogP contribution in [0.4, 0.5) is 5.69 Å². The second kappa shape index (κ2) is 7.48. The van der Waals surface area contributed by atoms with Crippen LogP contribution >= 0.6 is 0 Å². The summed E-state index contributed by atoms with van der Waals surface area (Å²) in [5.74, 6) is 0.686. The minimum Gasteiger partial charge on any atom is -0.388 e. The molecule has 0 radical (unpaired) electrons. The van der Waals surface area contributed by atoms with Gasteiger partial charge in [-0.25, -0.2) is 0 Å². The Labute approximate surface area is 115 Å². The fourth-order valence-electron chi connectivity index (χ4n) is 2.39. The maximum Gasteiger partial charge on any atom is 0.0802 e. The molecule has 0 aromatic heterocycles. The van der Waals surface area contributed by atoms with Gasteiger partial charge in [0.15, 0.2) is 0 Å². The van der Waals surface area contributed by atoms with Crippen molar-refractivity contribution in [2.75, 3.05) is 31.6 Å². The van der Waals surface area contributed by atoms with E-state index in [9.17, 15) is 5.11 Å². The lowest BCUT2D eigenvalue weighted by molar-refractivity contribution is 0.0699. The van der Waals surface area contributed by atoms with E-state index in [2.05, 4.69) is 5.32 Å². The van der Waals surface area contributed by atoms with Gasteiger partial charge in [-0.15, -0.1) is 0 Å². The van der Waals surface area contributed by atoms with Crippen molar-refractivity contribution in [1.29, 1.82) is 0 Å². The Kier molecular flexibility index (Phi) is 5.63. The van der Waals surface area contributed by atoms with Gasteiger partial charge in [0.05, 0.1) is 6.10 Å². The second-order valence-corrected chi connectivity index (χ2v) is 5.16. The molecule has 4 N–H and O–H groups in total. The summed E-state index contributed by atoms with van der Waals surface area (Å²) in [7, 11) is 0. The van der Waals surface area contributed by atoms with Crippen LogP contribution < -0.4 is 11.1 Å². The van der Waals surface area contributed by atoms with Crippen LogP contribution in [0.2, 0.25) is 0 Å². The highest BCUT2D eigenvalue weighted by molar-refractivity contribution is 5.46. The molecule has 1 heterocycles. The average molecular weight is 264 g/mol. The average Bonchev–Trinajstić information content (AvgIpc) is 2.47. The highest BCUT2D eigenvalue weighted by Gasteiger charge is 2.13. The van der Waals surface area contributed by atoms with Gasteiger partial charge in [0, 0.05) is 25.4 Å². The molecular weight excluding hydrogens is 240 g/mol. The van der Waals surface area contributed by atoms with E-state index in [1.165, 1.54) is 0 Å². The molecule has 0 bridgehead atoms. The van der Waals surface area contributed by atoms with Crippen molar-refractivity contribution in [1.82, 2.24) is 0 Å². The maximum absolute atomic E-state index is 9.94. The predicted molar refractivity (Wildman–Crippen MR) is 77.1 cm³/mol. The zero-order valence-corrected chi connectivity index (χ0v) is 11.3. The SMILES string of the molecule is NCC[C@@H](O)c1cccc(NCC2CCOCC2)c1. The lowest BCUT2D eigenvalue weighted by Gasteiger charge is -2.23. The first kappa shape index (κ1) is 14.3. The standard InChI is InChI=1S/C15H24N2O2/c16-7-4-15(18)13-2-1-3-14(10-13)17-11-12-5-8-19-9-6-12/h1-3,10,12,15,17-18H,4-9,11,16H2/t15-/m1/s1. The van der Waals surface area contributed by atoms with Gasteiger partial charge >= 0.3 is 0 Å². The smallest absolute Gasteiger partial charge is 0.0802 e. The van der Waals surface area contributed by atoms with Gasteiger partial charge in [0.2, 0.25) is 0 Å². The normalized spacial score (nSPS) is 18.2. The third-order valence-corrected chi connectivity index (χ3v) is 3.65. The van der Waals surface area contributed by atoms with Crippen LogP contribution in [0.25, 0.3) is 0 Å². The lowest BCUT2D eigenvalue weighted by Crippen LogP contribution is -2.22. The number of nitrogens with two attached hydrogens (primary N) is 1. The lowest BCUT2D eigenvalue weighted by atomic mass is 10.00. The number of nitrogens with one attached hydrogen (secondary N) is 1. The van der Waals surface area contributed by atoms with Gasteiger partial charge in [0.1, 0.15) is 0 Å². The van der Waals surface area contributed by atoms with Crippen LogP contribution in [0.1, 0.15) is 30.9 Å². The molecule has 1 atom stereocenters. The summed E-state index contributed by atoms with van der Waals surface area (Å²) in [6, 6.07) is 7.97. The van der Waals surface area contributed by atoms with Crippen LogP contribution in [0.5, 0.6) is 0 Å². The van der Waals surface area contributed by atoms with Gasteiger partial charge in [-0.2, -0.15) is 0 Å². The quantitative estimate of drug-likeness (QED) is 0.734. The van der Waals surface area contributed by atoms with Crippen molar-refractivity contribution < 1.29 is 9.84 Å². The van der Waals surface area contributed by atoms with E-state index in [-0.39, 0.29) is 0 Å². The summed E-state index contributed by atoms with van der Waals surface area (Å²) in [6.45, 7) is 3.23. The first-order chi connectivity index (χ1) is 9.29. The molecule has 106 valence electrons. The van der Waals surface area contributed by atoms with E-state index < -0.39 is 6.10 Å². The number of aliphatic hydroxyl groups is 1. The maximum atomic E-state index is 9.94. The van der Waals surface area contributed by atoms with E-state index in [4.69, 9.17) is 10.5 Å². The van der Waals surface area contributed by atoms with Gasteiger partial charge in [-0.3, -0.25) is 0 Å². The van der Waals surface area contributed by atoms with Crippen molar-refractivity contribution in [3.63, 3.8) is 0 Å². The molecule has 4 heteroatoms. The summed E-state index contributed by atoms with van der Waals surface area (Å²) in [5, 5.41) is 13.4. The minimum atomic E-state index is -0.463. The molecule has 1 aliphatic rings. The number of ether oxygens (including phenoxy) is 1. The molecule has 1 aromatic rings. The van der Waals surface area contributed by atoms with Crippen molar-refractivity contribution in [2.24, 2.45) is 11.7 Å². The molecule has 1 saturated heterocycles. The number of aliphatic hydroxyl groups excluding tert-OH is 1. The molecule has 0 aliphatic carbocycles. The first-order valence-corrected chi connectivity index (χ1v) is 7.09. The topological polar surface area (TPSA) is 67.5 Å². The molecule has 1 aliphatic heterocycles. The Balaban J connectivity index is 1.87. The Morgan fingerprint density at radius 1 is 1.37 bits per heavy atom. The van der Waals surface area contributed by atoms with Crippen molar-refractivity contribution >= 4 is 5.69 Å². The molecular formula is C15H24N2O2. The number of benzene rings is 1. The van der Waals surface area contributed by atoms with Gasteiger partial charge in [-0.05, 0) is 49.4 Å². The van der Waals surface area contributed by atoms with Crippen LogP contribution in [0.3, 0.4) is 0 Å². The van der Waals surface area contributed by atoms with Gasteiger partial charge < -0.3 is 20.9 Å². The number of hydrogen-bond acceptors (Lipinski definition) is 4. The summed E-state index contributed by atoms with van der Waals surface area (Å²) in [4.78, 5) is 0. The zero-order valence-electron chi connectivity index (χ0n) is 11.3. The van der Waals surface area contributed by atoms with Crippen LogP contribution in [-0.2, 0) is 4.74 Å². The Bertz CT molecular complexity index is 378. The molecule has 0 amide bonds. The van der Waals surface area contributed by atoms with E-state index in [1.807, 2.05) is 24.3 Å². The van der Waals surface area contributed by atoms with Gasteiger partial charge in [0.25, 0.3) is 0 Å². The van der Waals surface area contributed by atoms with Crippen LogP contribution in [-0.4, -0.2) is 31.4 Å². The van der Waals surface area contributed by atoms with E-state index >= 15 is 0 Å². The third kappa shape index (κ3) is 4.49. The number of anilines is 1. The van der Waals surface area contributed by atoms with Crippen LogP contribution in [0, 0.1) is 5.92 Å². The third-order valence-electron chi connectivity index (χ3n) is 3.65. The highest BCUT2D eigenvalue weighted by Crippen LogP contribution is 2.21. The Morgan fingerprint density at radius 2 is 2.16 bits per heavy atom. The van der Waals surface area contributed by atoms with Gasteiger partial charge in [-0.1, -0.05) is 12.1 Å². The van der Waals surface area contributed by atoms with Crippen molar-refractivity contribution in [2.45, 2.75) is 25.4 Å². The first-order valence-electron chi connectivity index (χ1n) is 7.09. The number of rotatable bonds is 6. The summed E-state index contributed by atoms with van der Waals surface area (Å²) in [6.07, 6.45) is 2.39. The summed E-state index contributed by atoms with van der Waals surface area (Å²) in [5.41, 5.74) is 7.48. The Hall–Kier alpha value is -1.10. The van der Waals surface area contributed by atoms with E-state index in [0.29, 0.717) is 18.9 Å². The zero-order chi connectivity index (χ0) is 13.5. The molecule has 0 unspecified atom stereocenters. The number of hydrogen-bond donors (Lipinski definition) is 3. The van der Waals surface area contributed by atoms with Crippen molar-refractivity contribution in [3.05, 3.63) is 29.8 Å². The predicted octanol–water partition coefficient (Wildman–Crippen LogP) is 1.91. The fourth-order valence-corrected chi connectivity index (χ4v) is 2.39. The molecule has 1 fully saturated rings. The molecule has 4 nitrogen and oxygen atoms in total. The summed E-state index contributed by atoms with van der Waals surface area (Å²) >= 11 is 0. The molecule has 19 heavy (non-hydrogen) atoms. The minimum absolute atomic E-state index is 0.463. The van der Waals surface area contributed by atoms with Crippen molar-refractivity contribution in [3.8, 4) is 0 Å². The fraction of sp³-hybridized carbons (Fsp3) is 0.600. The Morgan fingerprint density at radius 3 is 2.89 bits per heavy atom. The molecule has 0 saturated carbocycles. The molecule has 0 spiro atoms. The monoisotopic (exact) mass is 264 g/mol. The molecule has 1 aromatic carbocycles. The van der Waals surface area contributed by atoms with E-state index in [0.717, 1.165) is 43.9 Å². The highest BCUT2D eigenvalue weighted by atomic mass is 16.5. The van der Waals surface area contributed by atoms with Crippen LogP contribution in [0.15, 0.2) is 24.3 Å². The molecule has 2 rings (SSSR count). The summed E-state index contributed by atoms with van der Waals surface area (Å²) < 4.78 is 5.36.